The van der Waals surface area contributed by atoms with Crippen molar-refractivity contribution in [2.75, 3.05) is 25.2 Å². The standard InChI is InChI=1S/C16H19F3N2O3/c1-15(2)8-21(6-5-13(15)16(17,18)19)14(22)20-10-3-4-11-12(7-10)24-9-23-11/h3-4,7,13H,5-6,8-9H2,1-2H3,(H,20,22)/t13-/m1/s1. The Bertz CT molecular complexity index is 646. The minimum Gasteiger partial charge on any atom is -0.454 e. The lowest BCUT2D eigenvalue weighted by Crippen LogP contribution is -2.53. The summed E-state index contributed by atoms with van der Waals surface area (Å²) in [5.41, 5.74) is -0.511. The number of hydrogen-bond acceptors (Lipinski definition) is 3. The van der Waals surface area contributed by atoms with Gasteiger partial charge in [-0.2, -0.15) is 13.2 Å². The molecule has 0 aliphatic carbocycles. The van der Waals surface area contributed by atoms with Crippen LogP contribution in [0.15, 0.2) is 18.2 Å². The molecule has 0 radical (unpaired) electrons. The topological polar surface area (TPSA) is 50.8 Å². The number of ether oxygens (including phenoxy) is 2. The molecule has 1 fully saturated rings. The summed E-state index contributed by atoms with van der Waals surface area (Å²) in [6.07, 6.45) is -4.34. The molecule has 0 aromatic heterocycles. The number of likely N-dealkylation sites (tertiary alicyclic amines) is 1. The Morgan fingerprint density at radius 3 is 2.67 bits per heavy atom. The highest BCUT2D eigenvalue weighted by atomic mass is 19.4. The highest BCUT2D eigenvalue weighted by Crippen LogP contribution is 2.45. The molecular weight excluding hydrogens is 325 g/mol. The van der Waals surface area contributed by atoms with Crippen molar-refractivity contribution in [3.8, 4) is 11.5 Å². The predicted octanol–water partition coefficient (Wildman–Crippen LogP) is 3.86. The van der Waals surface area contributed by atoms with E-state index in [2.05, 4.69) is 5.32 Å². The van der Waals surface area contributed by atoms with Gasteiger partial charge in [-0.05, 0) is 24.0 Å². The zero-order valence-electron chi connectivity index (χ0n) is 13.4. The molecule has 0 spiro atoms. The lowest BCUT2D eigenvalue weighted by Gasteiger charge is -2.44. The Morgan fingerprint density at radius 2 is 2.00 bits per heavy atom. The number of carbonyl (C=O) groups is 1. The van der Waals surface area contributed by atoms with Gasteiger partial charge in [0.2, 0.25) is 6.79 Å². The molecule has 3 rings (SSSR count). The van der Waals surface area contributed by atoms with Crippen LogP contribution in [0.4, 0.5) is 23.7 Å². The molecule has 1 aromatic rings. The molecule has 0 unspecified atom stereocenters. The first-order valence-corrected chi connectivity index (χ1v) is 7.69. The molecule has 1 N–H and O–H groups in total. The SMILES string of the molecule is CC1(C)CN(C(=O)Nc2ccc3c(c2)OCO3)CC[C@H]1C(F)(F)F. The van der Waals surface area contributed by atoms with Gasteiger partial charge in [0, 0.05) is 24.8 Å². The highest BCUT2D eigenvalue weighted by molar-refractivity contribution is 5.89. The summed E-state index contributed by atoms with van der Waals surface area (Å²) in [7, 11) is 0. The largest absolute Gasteiger partial charge is 0.454 e. The van der Waals surface area contributed by atoms with Gasteiger partial charge < -0.3 is 19.7 Å². The monoisotopic (exact) mass is 344 g/mol. The average Bonchev–Trinajstić information content (AvgIpc) is 2.92. The van der Waals surface area contributed by atoms with Gasteiger partial charge in [0.1, 0.15) is 0 Å². The average molecular weight is 344 g/mol. The zero-order chi connectivity index (χ0) is 17.5. The molecule has 1 aromatic carbocycles. The van der Waals surface area contributed by atoms with Crippen molar-refractivity contribution in [1.82, 2.24) is 4.90 Å². The smallest absolute Gasteiger partial charge is 0.392 e. The van der Waals surface area contributed by atoms with Crippen LogP contribution in [-0.4, -0.2) is 37.0 Å². The van der Waals surface area contributed by atoms with Crippen LogP contribution in [0.2, 0.25) is 0 Å². The summed E-state index contributed by atoms with van der Waals surface area (Å²) in [6, 6.07) is 4.56. The summed E-state index contributed by atoms with van der Waals surface area (Å²) in [4.78, 5) is 13.8. The normalized spacial score (nSPS) is 22.4. The van der Waals surface area contributed by atoms with E-state index in [1.54, 1.807) is 32.0 Å². The molecule has 2 amide bonds. The Labute approximate surface area is 137 Å². The summed E-state index contributed by atoms with van der Waals surface area (Å²) in [5, 5.41) is 2.70. The summed E-state index contributed by atoms with van der Waals surface area (Å²) >= 11 is 0. The van der Waals surface area contributed by atoms with Crippen LogP contribution in [0.3, 0.4) is 0 Å². The van der Waals surface area contributed by atoms with Crippen molar-refractivity contribution in [3.63, 3.8) is 0 Å². The van der Waals surface area contributed by atoms with Crippen molar-refractivity contribution < 1.29 is 27.4 Å². The number of fused-ring (bicyclic) bond motifs is 1. The fourth-order valence-electron chi connectivity index (χ4n) is 3.31. The van der Waals surface area contributed by atoms with E-state index in [0.717, 1.165) is 0 Å². The molecule has 8 heteroatoms. The number of anilines is 1. The van der Waals surface area contributed by atoms with Crippen LogP contribution in [0.5, 0.6) is 11.5 Å². The van der Waals surface area contributed by atoms with E-state index < -0.39 is 23.5 Å². The van der Waals surface area contributed by atoms with E-state index in [1.165, 1.54) is 4.90 Å². The van der Waals surface area contributed by atoms with Gasteiger partial charge in [-0.25, -0.2) is 4.79 Å². The molecular formula is C16H19F3N2O3. The molecule has 2 aliphatic heterocycles. The van der Waals surface area contributed by atoms with Crippen molar-refractivity contribution in [2.45, 2.75) is 26.4 Å². The number of nitrogens with one attached hydrogen (secondary N) is 1. The first-order valence-electron chi connectivity index (χ1n) is 7.69. The van der Waals surface area contributed by atoms with Crippen molar-refractivity contribution >= 4 is 11.7 Å². The molecule has 1 saturated heterocycles. The zero-order valence-corrected chi connectivity index (χ0v) is 13.4. The van der Waals surface area contributed by atoms with Crippen LogP contribution in [0, 0.1) is 11.3 Å². The number of amides is 2. The molecule has 2 heterocycles. The second-order valence-electron chi connectivity index (χ2n) is 6.79. The number of rotatable bonds is 1. The van der Waals surface area contributed by atoms with Gasteiger partial charge in [0.25, 0.3) is 0 Å². The second kappa shape index (κ2) is 5.75. The number of halogens is 3. The summed E-state index contributed by atoms with van der Waals surface area (Å²) in [5.74, 6) is -0.274. The fraction of sp³-hybridized carbons (Fsp3) is 0.562. The van der Waals surface area contributed by atoms with Crippen LogP contribution >= 0.6 is 0 Å². The van der Waals surface area contributed by atoms with Crippen LogP contribution < -0.4 is 14.8 Å². The van der Waals surface area contributed by atoms with E-state index in [0.29, 0.717) is 17.2 Å². The molecule has 0 bridgehead atoms. The third kappa shape index (κ3) is 3.22. The maximum absolute atomic E-state index is 13.1. The van der Waals surface area contributed by atoms with E-state index in [9.17, 15) is 18.0 Å². The van der Waals surface area contributed by atoms with E-state index in [4.69, 9.17) is 9.47 Å². The van der Waals surface area contributed by atoms with E-state index in [-0.39, 0.29) is 26.3 Å². The molecule has 24 heavy (non-hydrogen) atoms. The van der Waals surface area contributed by atoms with Gasteiger partial charge in [-0.15, -0.1) is 0 Å². The molecule has 1 atom stereocenters. The number of nitrogens with zero attached hydrogens (tertiary/aromatic N) is 1. The lowest BCUT2D eigenvalue weighted by atomic mass is 9.73. The number of piperidine rings is 1. The maximum atomic E-state index is 13.1. The Balaban J connectivity index is 1.66. The number of benzene rings is 1. The van der Waals surface area contributed by atoms with Gasteiger partial charge >= 0.3 is 12.2 Å². The summed E-state index contributed by atoms with van der Waals surface area (Å²) < 4.78 is 49.7. The second-order valence-corrected chi connectivity index (χ2v) is 6.79. The van der Waals surface area contributed by atoms with Gasteiger partial charge in [-0.1, -0.05) is 13.8 Å². The first kappa shape index (κ1) is 16.7. The predicted molar refractivity (Wildman–Crippen MR) is 81.1 cm³/mol. The minimum atomic E-state index is -4.25. The first-order chi connectivity index (χ1) is 11.2. The van der Waals surface area contributed by atoms with Gasteiger partial charge in [0.05, 0.1) is 5.92 Å². The molecule has 0 saturated carbocycles. The molecule has 132 valence electrons. The fourth-order valence-corrected chi connectivity index (χ4v) is 3.31. The number of carbonyl (C=O) groups excluding carboxylic acids is 1. The Hall–Kier alpha value is -2.12. The van der Waals surface area contributed by atoms with Crippen LogP contribution in [0.25, 0.3) is 0 Å². The number of alkyl halides is 3. The van der Waals surface area contributed by atoms with Crippen molar-refractivity contribution in [2.24, 2.45) is 11.3 Å². The van der Waals surface area contributed by atoms with E-state index >= 15 is 0 Å². The molecule has 2 aliphatic rings. The number of urea groups is 1. The summed E-state index contributed by atoms with van der Waals surface area (Å²) in [6.45, 7) is 3.35. The minimum absolute atomic E-state index is 0.0492. The van der Waals surface area contributed by atoms with Crippen LogP contribution in [-0.2, 0) is 0 Å². The molecule has 5 nitrogen and oxygen atoms in total. The van der Waals surface area contributed by atoms with Gasteiger partial charge in [0.15, 0.2) is 11.5 Å². The third-order valence-electron chi connectivity index (χ3n) is 4.54. The van der Waals surface area contributed by atoms with Gasteiger partial charge in [-0.3, -0.25) is 0 Å². The Morgan fingerprint density at radius 1 is 1.29 bits per heavy atom. The van der Waals surface area contributed by atoms with Crippen LogP contribution in [0.1, 0.15) is 20.3 Å². The lowest BCUT2D eigenvalue weighted by molar-refractivity contribution is -0.214. The third-order valence-corrected chi connectivity index (χ3v) is 4.54. The van der Waals surface area contributed by atoms with E-state index in [1.807, 2.05) is 0 Å². The maximum Gasteiger partial charge on any atom is 0.392 e. The van der Waals surface area contributed by atoms with Crippen molar-refractivity contribution in [3.05, 3.63) is 18.2 Å². The number of hydrogen-bond donors (Lipinski definition) is 1. The highest BCUT2D eigenvalue weighted by Gasteiger charge is 2.51. The van der Waals surface area contributed by atoms with Crippen molar-refractivity contribution in [1.29, 1.82) is 0 Å². The quantitative estimate of drug-likeness (QED) is 0.842. The Kier molecular flexibility index (Phi) is 4.01.